The van der Waals surface area contributed by atoms with Crippen molar-refractivity contribution >= 4 is 52.2 Å². The van der Waals surface area contributed by atoms with Crippen LogP contribution in [0.1, 0.15) is 25.5 Å². The normalized spacial score (nSPS) is 17.3. The van der Waals surface area contributed by atoms with E-state index in [-0.39, 0.29) is 0 Å². The van der Waals surface area contributed by atoms with Crippen molar-refractivity contribution in [2.24, 2.45) is 5.92 Å². The fraction of sp³-hybridized carbons (Fsp3) is 0.344. The van der Waals surface area contributed by atoms with E-state index >= 15 is 0 Å². The van der Waals surface area contributed by atoms with Gasteiger partial charge in [-0.2, -0.15) is 9.97 Å². The molecule has 2 aliphatic rings. The van der Waals surface area contributed by atoms with E-state index in [0.717, 1.165) is 68.0 Å². The molecule has 2 aliphatic heterocycles. The third-order valence-corrected chi connectivity index (χ3v) is 8.34. The Balaban J connectivity index is 1.13. The SMILES string of the molecule is C[C@H]1CCCN(c2cc(N3CCN(c4ccccc4)CC3)nc(NC(=S)NCc3ccc(-c4ccc(Cl)cc4)o3)n2)C1. The average molecular weight is 602 g/mol. The van der Waals surface area contributed by atoms with Gasteiger partial charge in [0.05, 0.1) is 6.54 Å². The van der Waals surface area contributed by atoms with Crippen LogP contribution in [0.25, 0.3) is 11.3 Å². The van der Waals surface area contributed by atoms with Gasteiger partial charge in [-0.1, -0.05) is 36.7 Å². The number of nitrogens with zero attached hydrogens (tertiary/aromatic N) is 5. The van der Waals surface area contributed by atoms with Crippen molar-refractivity contribution in [1.29, 1.82) is 0 Å². The summed E-state index contributed by atoms with van der Waals surface area (Å²) in [5.41, 5.74) is 2.24. The lowest BCUT2D eigenvalue weighted by molar-refractivity contribution is 0.444. The number of para-hydroxylation sites is 1. The number of hydrogen-bond acceptors (Lipinski definition) is 7. The van der Waals surface area contributed by atoms with E-state index in [1.165, 1.54) is 18.5 Å². The molecule has 4 aromatic rings. The molecular weight excluding hydrogens is 566 g/mol. The van der Waals surface area contributed by atoms with Crippen LogP contribution in [-0.4, -0.2) is 54.3 Å². The van der Waals surface area contributed by atoms with Crippen molar-refractivity contribution < 1.29 is 4.42 Å². The largest absolute Gasteiger partial charge is 0.459 e. The van der Waals surface area contributed by atoms with Gasteiger partial charge < -0.3 is 29.8 Å². The van der Waals surface area contributed by atoms with Crippen LogP contribution in [0.15, 0.2) is 77.2 Å². The molecule has 2 saturated heterocycles. The maximum absolute atomic E-state index is 6.02. The molecule has 0 bridgehead atoms. The number of nitrogens with one attached hydrogen (secondary N) is 2. The number of halogens is 1. The second-order valence-electron chi connectivity index (χ2n) is 11.0. The molecule has 218 valence electrons. The lowest BCUT2D eigenvalue weighted by Gasteiger charge is -2.37. The maximum Gasteiger partial charge on any atom is 0.232 e. The number of benzene rings is 2. The summed E-state index contributed by atoms with van der Waals surface area (Å²) < 4.78 is 6.02. The predicted octanol–water partition coefficient (Wildman–Crippen LogP) is 6.44. The molecule has 2 fully saturated rings. The number of furan rings is 1. The first-order valence-corrected chi connectivity index (χ1v) is 15.4. The highest BCUT2D eigenvalue weighted by Gasteiger charge is 2.23. The quantitative estimate of drug-likeness (QED) is 0.233. The Morgan fingerprint density at radius 2 is 1.62 bits per heavy atom. The molecule has 0 aliphatic carbocycles. The highest BCUT2D eigenvalue weighted by atomic mass is 35.5. The van der Waals surface area contributed by atoms with Crippen molar-refractivity contribution in [3.63, 3.8) is 0 Å². The highest BCUT2D eigenvalue weighted by molar-refractivity contribution is 7.80. The standard InChI is InChI=1S/C32H36ClN7OS/c1-23-6-5-15-40(22-23)30-20-29(39-18-16-38(17-19-39)26-7-3-2-4-8-26)35-31(36-30)37-32(42)34-21-27-13-14-28(41-27)24-9-11-25(33)12-10-24/h2-4,7-14,20,23H,5-6,15-19,21-22H2,1H3,(H2,34,35,36,37,42)/t23-/m0/s1. The van der Waals surface area contributed by atoms with Crippen LogP contribution >= 0.6 is 23.8 Å². The van der Waals surface area contributed by atoms with Crippen molar-refractivity contribution in [3.8, 4) is 11.3 Å². The number of aromatic nitrogens is 2. The molecule has 4 heterocycles. The van der Waals surface area contributed by atoms with Gasteiger partial charge in [0.25, 0.3) is 0 Å². The summed E-state index contributed by atoms with van der Waals surface area (Å²) >= 11 is 11.7. The number of piperidine rings is 1. The van der Waals surface area contributed by atoms with Crippen LogP contribution in [0.2, 0.25) is 5.02 Å². The first kappa shape index (κ1) is 28.3. The zero-order chi connectivity index (χ0) is 28.9. The van der Waals surface area contributed by atoms with Crippen molar-refractivity contribution in [2.75, 3.05) is 59.3 Å². The van der Waals surface area contributed by atoms with Gasteiger partial charge in [-0.15, -0.1) is 0 Å². The third kappa shape index (κ3) is 6.97. The fourth-order valence-electron chi connectivity index (χ4n) is 5.59. The van der Waals surface area contributed by atoms with Crippen LogP contribution in [0, 0.1) is 5.92 Å². The van der Waals surface area contributed by atoms with Crippen LogP contribution in [0.5, 0.6) is 0 Å². The van der Waals surface area contributed by atoms with Crippen LogP contribution < -0.4 is 25.3 Å². The summed E-state index contributed by atoms with van der Waals surface area (Å²) in [4.78, 5) is 17.0. The topological polar surface area (TPSA) is 72.7 Å². The molecular formula is C32H36ClN7OS. The summed E-state index contributed by atoms with van der Waals surface area (Å²) in [6.45, 7) is 8.39. The molecule has 0 amide bonds. The molecule has 2 N–H and O–H groups in total. The Bertz CT molecular complexity index is 1490. The summed E-state index contributed by atoms with van der Waals surface area (Å²) in [6.07, 6.45) is 2.42. The first-order valence-electron chi connectivity index (χ1n) is 14.6. The van der Waals surface area contributed by atoms with E-state index in [9.17, 15) is 0 Å². The number of thiocarbonyl (C=S) groups is 1. The number of rotatable bonds is 7. The van der Waals surface area contributed by atoms with E-state index in [4.69, 9.17) is 38.2 Å². The smallest absolute Gasteiger partial charge is 0.232 e. The van der Waals surface area contributed by atoms with Gasteiger partial charge in [0, 0.05) is 61.6 Å². The van der Waals surface area contributed by atoms with Gasteiger partial charge in [-0.05, 0) is 79.5 Å². The molecule has 2 aromatic heterocycles. The lowest BCUT2D eigenvalue weighted by Crippen LogP contribution is -2.47. The Morgan fingerprint density at radius 3 is 2.36 bits per heavy atom. The summed E-state index contributed by atoms with van der Waals surface area (Å²) in [6, 6.07) is 24.2. The van der Waals surface area contributed by atoms with E-state index < -0.39 is 0 Å². The van der Waals surface area contributed by atoms with Gasteiger partial charge in [0.15, 0.2) is 5.11 Å². The minimum absolute atomic E-state index is 0.442. The maximum atomic E-state index is 6.02. The Kier molecular flexibility index (Phi) is 8.76. The molecule has 0 radical (unpaired) electrons. The molecule has 10 heteroatoms. The molecule has 6 rings (SSSR count). The molecule has 0 saturated carbocycles. The van der Waals surface area contributed by atoms with Crippen molar-refractivity contribution in [3.05, 3.63) is 83.6 Å². The Morgan fingerprint density at radius 1 is 0.905 bits per heavy atom. The van der Waals surface area contributed by atoms with Crippen molar-refractivity contribution in [1.82, 2.24) is 15.3 Å². The molecule has 0 spiro atoms. The number of hydrogen-bond donors (Lipinski definition) is 2. The first-order chi connectivity index (χ1) is 20.5. The van der Waals surface area contributed by atoms with Gasteiger partial charge in [0.1, 0.15) is 23.2 Å². The Hall–Kier alpha value is -3.82. The highest BCUT2D eigenvalue weighted by Crippen LogP contribution is 2.28. The zero-order valence-corrected chi connectivity index (χ0v) is 25.4. The van der Waals surface area contributed by atoms with Gasteiger partial charge in [0.2, 0.25) is 5.95 Å². The number of piperazine rings is 1. The third-order valence-electron chi connectivity index (χ3n) is 7.84. The summed E-state index contributed by atoms with van der Waals surface area (Å²) in [7, 11) is 0. The van der Waals surface area contributed by atoms with E-state index in [2.05, 4.69) is 68.7 Å². The van der Waals surface area contributed by atoms with Gasteiger partial charge in [-0.25, -0.2) is 0 Å². The van der Waals surface area contributed by atoms with Crippen LogP contribution in [-0.2, 0) is 6.54 Å². The fourth-order valence-corrected chi connectivity index (χ4v) is 5.88. The Labute approximate surface area is 257 Å². The molecule has 2 aromatic carbocycles. The second-order valence-corrected chi connectivity index (χ2v) is 11.8. The second kappa shape index (κ2) is 13.0. The average Bonchev–Trinajstić information content (AvgIpc) is 3.50. The van der Waals surface area contributed by atoms with E-state index in [1.807, 2.05) is 36.4 Å². The van der Waals surface area contributed by atoms with Gasteiger partial charge >= 0.3 is 0 Å². The predicted molar refractivity (Wildman–Crippen MR) is 176 cm³/mol. The van der Waals surface area contributed by atoms with Crippen LogP contribution in [0.3, 0.4) is 0 Å². The number of anilines is 4. The molecule has 42 heavy (non-hydrogen) atoms. The summed E-state index contributed by atoms with van der Waals surface area (Å²) in [5.74, 6) is 4.57. The summed E-state index contributed by atoms with van der Waals surface area (Å²) in [5, 5.41) is 7.63. The van der Waals surface area contributed by atoms with E-state index in [1.54, 1.807) is 0 Å². The van der Waals surface area contributed by atoms with Crippen molar-refractivity contribution in [2.45, 2.75) is 26.3 Å². The van der Waals surface area contributed by atoms with Crippen LogP contribution in [0.4, 0.5) is 23.3 Å². The molecule has 8 nitrogen and oxygen atoms in total. The minimum Gasteiger partial charge on any atom is -0.459 e. The molecule has 0 unspecified atom stereocenters. The molecule has 1 atom stereocenters. The zero-order valence-electron chi connectivity index (χ0n) is 23.8. The van der Waals surface area contributed by atoms with E-state index in [0.29, 0.717) is 28.5 Å². The monoisotopic (exact) mass is 601 g/mol. The lowest BCUT2D eigenvalue weighted by atomic mass is 10.0. The minimum atomic E-state index is 0.442. The van der Waals surface area contributed by atoms with Gasteiger partial charge in [-0.3, -0.25) is 0 Å².